The molecule has 244 valence electrons. The molecule has 0 bridgehead atoms. The van der Waals surface area contributed by atoms with Gasteiger partial charge in [0.25, 0.3) is 0 Å². The van der Waals surface area contributed by atoms with Gasteiger partial charge in [-0.3, -0.25) is 19.2 Å². The first-order chi connectivity index (χ1) is 21.4. The Kier molecular flexibility index (Phi) is 11.8. The van der Waals surface area contributed by atoms with Gasteiger partial charge in [-0.05, 0) is 55.5 Å². The van der Waals surface area contributed by atoms with Gasteiger partial charge in [-0.25, -0.2) is 0 Å². The van der Waals surface area contributed by atoms with Crippen molar-refractivity contribution in [2.45, 2.75) is 51.4 Å². The van der Waals surface area contributed by atoms with Crippen LogP contribution in [0.4, 0.5) is 13.2 Å². The number of alkyl halides is 3. The van der Waals surface area contributed by atoms with Gasteiger partial charge in [-0.15, -0.1) is 0 Å². The lowest BCUT2D eigenvalue weighted by molar-refractivity contribution is -0.146. The van der Waals surface area contributed by atoms with E-state index in [1.54, 1.807) is 30.3 Å². The number of halogens is 4. The molecule has 1 saturated heterocycles. The van der Waals surface area contributed by atoms with Crippen molar-refractivity contribution < 1.29 is 37.1 Å². The zero-order valence-electron chi connectivity index (χ0n) is 25.2. The molecule has 0 aromatic heterocycles. The van der Waals surface area contributed by atoms with E-state index in [2.05, 4.69) is 5.32 Å². The fraction of sp³-hybridized carbons (Fsp3) is 0.500. The molecule has 1 saturated carbocycles. The van der Waals surface area contributed by atoms with Crippen molar-refractivity contribution in [3.63, 3.8) is 0 Å². The van der Waals surface area contributed by atoms with E-state index in [9.17, 15) is 32.3 Å². The van der Waals surface area contributed by atoms with E-state index in [-0.39, 0.29) is 58.2 Å². The molecule has 0 spiro atoms. The second-order valence-electron chi connectivity index (χ2n) is 11.3. The molecule has 1 aliphatic carbocycles. The van der Waals surface area contributed by atoms with Gasteiger partial charge in [-0.1, -0.05) is 48.4 Å². The molecule has 45 heavy (non-hydrogen) atoms. The number of rotatable bonds is 9. The number of hydrogen-bond acceptors (Lipinski definition) is 5. The smallest absolute Gasteiger partial charge is 0.380 e. The highest BCUT2D eigenvalue weighted by Crippen LogP contribution is 2.30. The van der Waals surface area contributed by atoms with Crippen LogP contribution in [-0.2, 0) is 43.1 Å². The predicted molar refractivity (Wildman–Crippen MR) is 161 cm³/mol. The van der Waals surface area contributed by atoms with E-state index in [1.165, 1.54) is 20.8 Å². The Bertz CT molecular complexity index is 1370. The minimum absolute atomic E-state index is 0.0122. The fourth-order valence-corrected chi connectivity index (χ4v) is 5.96. The van der Waals surface area contributed by atoms with Crippen LogP contribution in [0.25, 0.3) is 0 Å². The summed E-state index contributed by atoms with van der Waals surface area (Å²) in [5.41, 5.74) is 0.218. The number of carbonyl (C=O) groups excluding carboxylic acids is 4. The lowest BCUT2D eigenvalue weighted by atomic mass is 10.0. The van der Waals surface area contributed by atoms with Crippen molar-refractivity contribution in [2.75, 3.05) is 45.9 Å². The first-order valence-electron chi connectivity index (χ1n) is 15.1. The van der Waals surface area contributed by atoms with Crippen LogP contribution in [0.3, 0.4) is 0 Å². The summed E-state index contributed by atoms with van der Waals surface area (Å²) in [6.45, 7) is 1.55. The maximum Gasteiger partial charge on any atom is 0.416 e. The highest BCUT2D eigenvalue weighted by atomic mass is 35.5. The van der Waals surface area contributed by atoms with E-state index in [0.29, 0.717) is 42.0 Å². The number of nitrogens with one attached hydrogen (secondary N) is 1. The number of amides is 4. The highest BCUT2D eigenvalue weighted by molar-refractivity contribution is 6.30. The fourth-order valence-electron chi connectivity index (χ4n) is 5.75. The van der Waals surface area contributed by atoms with Crippen molar-refractivity contribution in [1.82, 2.24) is 20.0 Å². The monoisotopic (exact) mass is 650 g/mol. The molecule has 4 amide bonds. The number of ether oxygens (including phenoxy) is 1. The quantitative estimate of drug-likeness (QED) is 0.415. The van der Waals surface area contributed by atoms with Crippen LogP contribution in [-0.4, -0.2) is 90.3 Å². The van der Waals surface area contributed by atoms with E-state index in [0.717, 1.165) is 12.1 Å². The Hall–Kier alpha value is -3.64. The Morgan fingerprint density at radius 1 is 0.889 bits per heavy atom. The van der Waals surface area contributed by atoms with Crippen molar-refractivity contribution in [2.24, 2.45) is 5.92 Å². The Morgan fingerprint density at radius 2 is 1.60 bits per heavy atom. The average Bonchev–Trinajstić information content (AvgIpc) is 3.45. The van der Waals surface area contributed by atoms with Crippen LogP contribution in [0, 0.1) is 5.92 Å². The van der Waals surface area contributed by atoms with E-state index >= 15 is 0 Å². The molecule has 0 unspecified atom stereocenters. The molecule has 2 aliphatic rings. The van der Waals surface area contributed by atoms with E-state index < -0.39 is 41.4 Å². The zero-order valence-corrected chi connectivity index (χ0v) is 25.9. The maximum atomic E-state index is 14.0. The minimum atomic E-state index is -4.52. The number of carbonyl (C=O) groups is 4. The van der Waals surface area contributed by atoms with Crippen LogP contribution >= 0.6 is 11.6 Å². The van der Waals surface area contributed by atoms with Gasteiger partial charge < -0.3 is 24.8 Å². The van der Waals surface area contributed by atoms with Crippen LogP contribution in [0.1, 0.15) is 42.9 Å². The van der Waals surface area contributed by atoms with E-state index in [4.69, 9.17) is 16.3 Å². The van der Waals surface area contributed by atoms with Gasteiger partial charge in [0.15, 0.2) is 0 Å². The van der Waals surface area contributed by atoms with Crippen molar-refractivity contribution in [1.29, 1.82) is 0 Å². The molecule has 13 heteroatoms. The maximum absolute atomic E-state index is 14.0. The molecule has 1 heterocycles. The molecule has 2 aromatic rings. The molecule has 1 N–H and O–H groups in total. The predicted octanol–water partition coefficient (Wildman–Crippen LogP) is 3.92. The summed E-state index contributed by atoms with van der Waals surface area (Å²) in [6, 6.07) is 11.2. The molecule has 4 rings (SSSR count). The van der Waals surface area contributed by atoms with Gasteiger partial charge in [0, 0.05) is 37.3 Å². The van der Waals surface area contributed by atoms with Crippen molar-refractivity contribution >= 4 is 35.2 Å². The van der Waals surface area contributed by atoms with Gasteiger partial charge in [0.05, 0.1) is 31.2 Å². The van der Waals surface area contributed by atoms with Gasteiger partial charge >= 0.3 is 6.18 Å². The van der Waals surface area contributed by atoms with Crippen LogP contribution in [0.15, 0.2) is 48.5 Å². The molecular weight excluding hydrogens is 613 g/mol. The Morgan fingerprint density at radius 3 is 2.33 bits per heavy atom. The average molecular weight is 651 g/mol. The topological polar surface area (TPSA) is 99.3 Å². The third-order valence-corrected chi connectivity index (χ3v) is 8.32. The minimum Gasteiger partial charge on any atom is -0.380 e. The first-order valence-corrected chi connectivity index (χ1v) is 15.4. The molecule has 0 radical (unpaired) electrons. The summed E-state index contributed by atoms with van der Waals surface area (Å²) in [7, 11) is 0. The molecule has 9 nitrogen and oxygen atoms in total. The molecule has 2 atom stereocenters. The lowest BCUT2D eigenvalue weighted by Gasteiger charge is -2.31. The normalized spacial score (nSPS) is 20.4. The SMILES string of the molecule is CCOCCN1CC(=O)N[C@@H]2CCC[C@H]2C(=O)N(CCc2cccc(C(F)(F)F)c2)CC(=O)N(Cc2cccc(Cl)c2)CC1=O. The summed E-state index contributed by atoms with van der Waals surface area (Å²) in [6.07, 6.45) is -2.74. The van der Waals surface area contributed by atoms with Crippen molar-refractivity contribution in [3.05, 3.63) is 70.2 Å². The molecule has 2 aromatic carbocycles. The van der Waals surface area contributed by atoms with Gasteiger partial charge in [-0.2, -0.15) is 13.2 Å². The Labute approximate surface area is 265 Å². The summed E-state index contributed by atoms with van der Waals surface area (Å²) < 4.78 is 45.4. The third-order valence-electron chi connectivity index (χ3n) is 8.08. The zero-order chi connectivity index (χ0) is 32.6. The second kappa shape index (κ2) is 15.6. The largest absolute Gasteiger partial charge is 0.416 e. The van der Waals surface area contributed by atoms with Crippen LogP contribution in [0.5, 0.6) is 0 Å². The summed E-state index contributed by atoms with van der Waals surface area (Å²) >= 11 is 6.17. The standard InChI is InChI=1S/C32H38ClF3N4O5/c1-2-45-15-14-38-19-28(41)37-27-11-5-10-26(27)31(44)39(13-12-22-6-3-8-24(16-22)32(34,35)36)20-30(43)40(21-29(38)42)18-23-7-4-9-25(33)17-23/h3-4,6-9,16-17,26-27H,2,5,10-15,18-21H2,1H3,(H,37,41)/t26-,27-/m1/s1. The number of nitrogens with zero attached hydrogens (tertiary/aromatic N) is 3. The summed E-state index contributed by atoms with van der Waals surface area (Å²) in [4.78, 5) is 58.6. The molecule has 1 aliphatic heterocycles. The van der Waals surface area contributed by atoms with Crippen LogP contribution < -0.4 is 5.32 Å². The van der Waals surface area contributed by atoms with E-state index in [1.807, 2.05) is 6.92 Å². The number of fused-ring (bicyclic) bond motifs is 1. The van der Waals surface area contributed by atoms with Gasteiger partial charge in [0.2, 0.25) is 23.6 Å². The third kappa shape index (κ3) is 9.67. The molecular formula is C32H38ClF3N4O5. The highest BCUT2D eigenvalue weighted by Gasteiger charge is 2.38. The van der Waals surface area contributed by atoms with Crippen LogP contribution in [0.2, 0.25) is 5.02 Å². The lowest BCUT2D eigenvalue weighted by Crippen LogP contribution is -2.49. The second-order valence-corrected chi connectivity index (χ2v) is 11.7. The number of benzene rings is 2. The van der Waals surface area contributed by atoms with Crippen molar-refractivity contribution in [3.8, 4) is 0 Å². The number of hydrogen-bond donors (Lipinski definition) is 1. The summed E-state index contributed by atoms with van der Waals surface area (Å²) in [5, 5.41) is 3.36. The Balaban J connectivity index is 1.65. The van der Waals surface area contributed by atoms with Gasteiger partial charge in [0.1, 0.15) is 6.54 Å². The first kappa shape index (κ1) is 34.2. The summed E-state index contributed by atoms with van der Waals surface area (Å²) in [5.74, 6) is -2.38. The molecule has 2 fully saturated rings.